The zero-order valence-corrected chi connectivity index (χ0v) is 9.96. The van der Waals surface area contributed by atoms with Gasteiger partial charge in [-0.25, -0.2) is 8.42 Å². The van der Waals surface area contributed by atoms with Gasteiger partial charge in [0.05, 0.1) is 17.3 Å². The Balaban J connectivity index is 2.51. The molecule has 0 saturated carbocycles. The fraction of sp³-hybridized carbons (Fsp3) is 0.455. The van der Waals surface area contributed by atoms with Crippen molar-refractivity contribution in [3.63, 3.8) is 0 Å². The maximum Gasteiger partial charge on any atom is 0.182 e. The minimum atomic E-state index is -3.20. The summed E-state index contributed by atoms with van der Waals surface area (Å²) in [5, 5.41) is -0.385. The molecule has 1 aliphatic heterocycles. The van der Waals surface area contributed by atoms with Crippen molar-refractivity contribution in [1.82, 2.24) is 0 Å². The van der Waals surface area contributed by atoms with Crippen LogP contribution in [-0.2, 0) is 16.3 Å². The lowest BCUT2D eigenvalue weighted by Crippen LogP contribution is -2.20. The van der Waals surface area contributed by atoms with Crippen LogP contribution in [-0.4, -0.2) is 27.3 Å². The zero-order chi connectivity index (χ0) is 11.8. The predicted molar refractivity (Wildman–Crippen MR) is 61.3 cm³/mol. The number of nitrogens with two attached hydrogens (primary N) is 1. The standard InChI is InChI=1S/C11H15NO3S/c1-15-10-3-2-4-11-9(10)7-8(5-6-12)16(11,13)14/h2-4,8H,5-7,12H2,1H3. The van der Waals surface area contributed by atoms with E-state index < -0.39 is 9.84 Å². The Morgan fingerprint density at radius 2 is 2.25 bits per heavy atom. The molecule has 4 nitrogen and oxygen atoms in total. The van der Waals surface area contributed by atoms with Gasteiger partial charge in [0.15, 0.2) is 9.84 Å². The van der Waals surface area contributed by atoms with Crippen LogP contribution in [0.1, 0.15) is 12.0 Å². The van der Waals surface area contributed by atoms with Crippen LogP contribution < -0.4 is 10.5 Å². The molecular weight excluding hydrogens is 226 g/mol. The molecule has 1 unspecified atom stereocenters. The summed E-state index contributed by atoms with van der Waals surface area (Å²) < 4.78 is 29.4. The smallest absolute Gasteiger partial charge is 0.182 e. The number of hydrogen-bond acceptors (Lipinski definition) is 4. The van der Waals surface area contributed by atoms with E-state index in [0.717, 1.165) is 5.56 Å². The average Bonchev–Trinajstić information content (AvgIpc) is 2.52. The van der Waals surface area contributed by atoms with Gasteiger partial charge in [-0.3, -0.25) is 0 Å². The first-order valence-corrected chi connectivity index (χ1v) is 6.75. The van der Waals surface area contributed by atoms with Gasteiger partial charge in [0.2, 0.25) is 0 Å². The Morgan fingerprint density at radius 1 is 1.50 bits per heavy atom. The highest BCUT2D eigenvalue weighted by Crippen LogP contribution is 2.37. The second-order valence-electron chi connectivity index (χ2n) is 3.89. The number of fused-ring (bicyclic) bond motifs is 1. The van der Waals surface area contributed by atoms with Gasteiger partial charge in [-0.15, -0.1) is 0 Å². The molecule has 0 saturated heterocycles. The molecular formula is C11H15NO3S. The molecule has 0 aromatic heterocycles. The molecule has 0 spiro atoms. The summed E-state index contributed by atoms with van der Waals surface area (Å²) in [4.78, 5) is 0.408. The summed E-state index contributed by atoms with van der Waals surface area (Å²) in [6, 6.07) is 5.14. The van der Waals surface area contributed by atoms with E-state index in [4.69, 9.17) is 10.5 Å². The Hall–Kier alpha value is -1.07. The van der Waals surface area contributed by atoms with Gasteiger partial charge in [0.25, 0.3) is 0 Å². The minimum absolute atomic E-state index is 0.385. The van der Waals surface area contributed by atoms with Crippen molar-refractivity contribution in [3.8, 4) is 5.75 Å². The van der Waals surface area contributed by atoms with Gasteiger partial charge in [0, 0.05) is 5.56 Å². The Kier molecular flexibility index (Phi) is 2.90. The molecule has 0 amide bonds. The van der Waals surface area contributed by atoms with Crippen molar-refractivity contribution in [3.05, 3.63) is 23.8 Å². The fourth-order valence-corrected chi connectivity index (χ4v) is 4.15. The Morgan fingerprint density at radius 3 is 2.88 bits per heavy atom. The molecule has 0 aliphatic carbocycles. The van der Waals surface area contributed by atoms with Gasteiger partial charge in [-0.1, -0.05) is 6.07 Å². The van der Waals surface area contributed by atoms with Gasteiger partial charge >= 0.3 is 0 Å². The Bertz CT molecular complexity index is 496. The molecule has 1 aliphatic rings. The van der Waals surface area contributed by atoms with Crippen LogP contribution in [0.3, 0.4) is 0 Å². The quantitative estimate of drug-likeness (QED) is 0.847. The maximum absolute atomic E-state index is 12.1. The van der Waals surface area contributed by atoms with Crippen LogP contribution in [0.4, 0.5) is 0 Å². The van der Waals surface area contributed by atoms with Crippen molar-refractivity contribution in [2.45, 2.75) is 23.0 Å². The largest absolute Gasteiger partial charge is 0.496 e. The second kappa shape index (κ2) is 4.07. The lowest BCUT2D eigenvalue weighted by Gasteiger charge is -2.06. The first-order valence-electron chi connectivity index (χ1n) is 5.21. The maximum atomic E-state index is 12.1. The second-order valence-corrected chi connectivity index (χ2v) is 6.08. The van der Waals surface area contributed by atoms with Gasteiger partial charge < -0.3 is 10.5 Å². The summed E-state index contributed by atoms with van der Waals surface area (Å²) in [6.07, 6.45) is 1.01. The summed E-state index contributed by atoms with van der Waals surface area (Å²) >= 11 is 0. The summed E-state index contributed by atoms with van der Waals surface area (Å²) in [5.74, 6) is 0.653. The number of sulfone groups is 1. The zero-order valence-electron chi connectivity index (χ0n) is 9.14. The van der Waals surface area contributed by atoms with Crippen LogP contribution in [0.5, 0.6) is 5.75 Å². The van der Waals surface area contributed by atoms with E-state index in [1.54, 1.807) is 25.3 Å². The van der Waals surface area contributed by atoms with Gasteiger partial charge in [-0.2, -0.15) is 0 Å². The number of rotatable bonds is 3. The highest BCUT2D eigenvalue weighted by atomic mass is 32.2. The molecule has 0 radical (unpaired) electrons. The molecule has 2 N–H and O–H groups in total. The van der Waals surface area contributed by atoms with E-state index in [0.29, 0.717) is 30.0 Å². The topological polar surface area (TPSA) is 69.4 Å². The van der Waals surface area contributed by atoms with Gasteiger partial charge in [0.1, 0.15) is 5.75 Å². The van der Waals surface area contributed by atoms with Gasteiger partial charge in [-0.05, 0) is 31.5 Å². The van der Waals surface area contributed by atoms with E-state index in [1.165, 1.54) is 0 Å². The van der Waals surface area contributed by atoms with Crippen LogP contribution in [0.2, 0.25) is 0 Å². The molecule has 16 heavy (non-hydrogen) atoms. The van der Waals surface area contributed by atoms with Crippen molar-refractivity contribution in [1.29, 1.82) is 0 Å². The Labute approximate surface area is 95.3 Å². The fourth-order valence-electron chi connectivity index (χ4n) is 2.16. The summed E-state index contributed by atoms with van der Waals surface area (Å²) in [6.45, 7) is 0.389. The molecule has 1 aromatic rings. The lowest BCUT2D eigenvalue weighted by molar-refractivity contribution is 0.408. The molecule has 1 atom stereocenters. The lowest BCUT2D eigenvalue weighted by atomic mass is 10.1. The van der Waals surface area contributed by atoms with Crippen molar-refractivity contribution in [2.24, 2.45) is 5.73 Å². The number of ether oxygens (including phenoxy) is 1. The van der Waals surface area contributed by atoms with Crippen molar-refractivity contribution >= 4 is 9.84 Å². The van der Waals surface area contributed by atoms with E-state index >= 15 is 0 Å². The van der Waals surface area contributed by atoms with E-state index in [2.05, 4.69) is 0 Å². The van der Waals surface area contributed by atoms with Crippen LogP contribution in [0.15, 0.2) is 23.1 Å². The first-order chi connectivity index (χ1) is 7.61. The molecule has 5 heteroatoms. The van der Waals surface area contributed by atoms with E-state index in [1.807, 2.05) is 0 Å². The first kappa shape index (κ1) is 11.4. The van der Waals surface area contributed by atoms with E-state index in [-0.39, 0.29) is 5.25 Å². The molecule has 0 fully saturated rings. The van der Waals surface area contributed by atoms with Crippen LogP contribution >= 0.6 is 0 Å². The third kappa shape index (κ3) is 1.60. The summed E-state index contributed by atoms with van der Waals surface area (Å²) in [7, 11) is -1.65. The molecule has 88 valence electrons. The van der Waals surface area contributed by atoms with E-state index in [9.17, 15) is 8.42 Å². The molecule has 0 bridgehead atoms. The average molecular weight is 241 g/mol. The SMILES string of the molecule is COc1cccc2c1CC(CCN)S2(=O)=O. The molecule has 1 aromatic carbocycles. The normalized spacial score (nSPS) is 21.8. The van der Waals surface area contributed by atoms with Crippen LogP contribution in [0.25, 0.3) is 0 Å². The minimum Gasteiger partial charge on any atom is -0.496 e. The van der Waals surface area contributed by atoms with Crippen LogP contribution in [0, 0.1) is 0 Å². The summed E-state index contributed by atoms with van der Waals surface area (Å²) in [5.41, 5.74) is 6.23. The highest BCUT2D eigenvalue weighted by molar-refractivity contribution is 7.92. The molecule has 2 rings (SSSR count). The monoisotopic (exact) mass is 241 g/mol. The van der Waals surface area contributed by atoms with Crippen molar-refractivity contribution in [2.75, 3.05) is 13.7 Å². The third-order valence-electron chi connectivity index (χ3n) is 2.98. The number of benzene rings is 1. The predicted octanol–water partition coefficient (Wildman–Crippen LogP) is 0.742. The third-order valence-corrected chi connectivity index (χ3v) is 5.25. The number of methoxy groups -OCH3 is 1. The van der Waals surface area contributed by atoms with Crippen molar-refractivity contribution < 1.29 is 13.2 Å². The highest BCUT2D eigenvalue weighted by Gasteiger charge is 2.37. The number of hydrogen-bond donors (Lipinski definition) is 1. The molecule has 1 heterocycles.